The van der Waals surface area contributed by atoms with E-state index < -0.39 is 10.0 Å². The van der Waals surface area contributed by atoms with E-state index >= 15 is 0 Å². The van der Waals surface area contributed by atoms with E-state index in [1.807, 2.05) is 6.92 Å². The highest BCUT2D eigenvalue weighted by Crippen LogP contribution is 2.14. The topological polar surface area (TPSA) is 83.8 Å². The summed E-state index contributed by atoms with van der Waals surface area (Å²) < 4.78 is 34.0. The average Bonchev–Trinajstić information content (AvgIpc) is 2.92. The number of aryl methyl sites for hydroxylation is 1. The van der Waals surface area contributed by atoms with Crippen LogP contribution in [-0.2, 0) is 27.9 Å². The molecule has 8 heteroatoms. The predicted octanol–water partition coefficient (Wildman–Crippen LogP) is -0.389. The molecule has 0 bridgehead atoms. The van der Waals surface area contributed by atoms with Crippen molar-refractivity contribution in [2.24, 2.45) is 0 Å². The van der Waals surface area contributed by atoms with Gasteiger partial charge in [-0.15, -0.1) is 0 Å². The Bertz CT molecular complexity index is 528. The fraction of sp³-hybridized carbons (Fsp3) is 0.692. The van der Waals surface area contributed by atoms with Crippen molar-refractivity contribution in [2.45, 2.75) is 25.0 Å². The van der Waals surface area contributed by atoms with Crippen LogP contribution in [0.15, 0.2) is 17.2 Å². The maximum atomic E-state index is 12.2. The Hall–Kier alpha value is -0.930. The van der Waals surface area contributed by atoms with E-state index in [0.717, 1.165) is 13.1 Å². The largest absolute Gasteiger partial charge is 0.390 e. The molecule has 0 radical (unpaired) electrons. The number of nitrogens with zero attached hydrogens (tertiary/aromatic N) is 2. The van der Waals surface area contributed by atoms with Gasteiger partial charge in [-0.1, -0.05) is 0 Å². The summed E-state index contributed by atoms with van der Waals surface area (Å²) in [4.78, 5) is 2.37. The van der Waals surface area contributed by atoms with Crippen LogP contribution in [-0.4, -0.2) is 62.4 Å². The number of aliphatic hydroxyl groups is 1. The number of ether oxygens (including phenoxy) is 1. The van der Waals surface area contributed by atoms with Crippen molar-refractivity contribution in [2.75, 3.05) is 39.4 Å². The first-order valence-electron chi connectivity index (χ1n) is 7.16. The molecule has 0 aromatic carbocycles. The SMILES string of the molecule is CCn1cc(S(=O)(=O)NCCN2CCOCC2)cc1CO. The molecule has 0 spiro atoms. The molecule has 120 valence electrons. The second kappa shape index (κ2) is 7.37. The van der Waals surface area contributed by atoms with Crippen LogP contribution in [0.4, 0.5) is 0 Å². The van der Waals surface area contributed by atoms with Gasteiger partial charge in [-0.05, 0) is 13.0 Å². The van der Waals surface area contributed by atoms with Crippen LogP contribution in [0, 0.1) is 0 Å². The zero-order valence-electron chi connectivity index (χ0n) is 12.3. The molecule has 0 saturated carbocycles. The summed E-state index contributed by atoms with van der Waals surface area (Å²) in [6.45, 7) is 6.47. The number of morpholine rings is 1. The zero-order valence-corrected chi connectivity index (χ0v) is 13.1. The van der Waals surface area contributed by atoms with Crippen molar-refractivity contribution in [3.63, 3.8) is 0 Å². The molecule has 21 heavy (non-hydrogen) atoms. The molecule has 2 heterocycles. The normalized spacial score (nSPS) is 17.2. The van der Waals surface area contributed by atoms with Crippen molar-refractivity contribution < 1.29 is 18.3 Å². The standard InChI is InChI=1S/C13H23N3O4S/c1-2-16-10-13(9-12(16)11-17)21(18,19)14-3-4-15-5-7-20-8-6-15/h9-10,14,17H,2-8,11H2,1H3. The highest BCUT2D eigenvalue weighted by Gasteiger charge is 2.18. The summed E-state index contributed by atoms with van der Waals surface area (Å²) >= 11 is 0. The smallest absolute Gasteiger partial charge is 0.242 e. The highest BCUT2D eigenvalue weighted by molar-refractivity contribution is 7.89. The van der Waals surface area contributed by atoms with Gasteiger partial charge in [0.15, 0.2) is 0 Å². The van der Waals surface area contributed by atoms with E-state index in [0.29, 0.717) is 38.5 Å². The van der Waals surface area contributed by atoms with Crippen LogP contribution >= 0.6 is 0 Å². The monoisotopic (exact) mass is 317 g/mol. The van der Waals surface area contributed by atoms with Crippen molar-refractivity contribution in [1.82, 2.24) is 14.2 Å². The molecule has 1 aliphatic rings. The fourth-order valence-corrected chi connectivity index (χ4v) is 3.43. The van der Waals surface area contributed by atoms with Gasteiger partial charge in [0, 0.05) is 44.6 Å². The first kappa shape index (κ1) is 16.4. The molecule has 2 rings (SSSR count). The second-order valence-electron chi connectivity index (χ2n) is 4.96. The minimum Gasteiger partial charge on any atom is -0.390 e. The van der Waals surface area contributed by atoms with Crippen molar-refractivity contribution in [3.8, 4) is 0 Å². The van der Waals surface area contributed by atoms with Gasteiger partial charge in [-0.2, -0.15) is 0 Å². The summed E-state index contributed by atoms with van der Waals surface area (Å²) in [5.74, 6) is 0. The molecular weight excluding hydrogens is 294 g/mol. The number of nitrogens with one attached hydrogen (secondary N) is 1. The minimum atomic E-state index is -3.52. The average molecular weight is 317 g/mol. The van der Waals surface area contributed by atoms with Crippen molar-refractivity contribution >= 4 is 10.0 Å². The Morgan fingerprint density at radius 3 is 2.67 bits per heavy atom. The third-order valence-corrected chi connectivity index (χ3v) is 5.03. The number of sulfonamides is 1. The molecule has 1 fully saturated rings. The van der Waals surface area contributed by atoms with Gasteiger partial charge in [-0.3, -0.25) is 4.90 Å². The summed E-state index contributed by atoms with van der Waals surface area (Å²) in [5, 5.41) is 9.22. The molecule has 2 N–H and O–H groups in total. The lowest BCUT2D eigenvalue weighted by Gasteiger charge is -2.26. The first-order chi connectivity index (χ1) is 10.1. The Labute approximate surface area is 125 Å². The Kier molecular flexibility index (Phi) is 5.77. The van der Waals surface area contributed by atoms with Crippen molar-refractivity contribution in [3.05, 3.63) is 18.0 Å². The summed E-state index contributed by atoms with van der Waals surface area (Å²) in [7, 11) is -3.52. The lowest BCUT2D eigenvalue weighted by atomic mass is 10.4. The number of rotatable bonds is 7. The number of aliphatic hydroxyl groups excluding tert-OH is 1. The van der Waals surface area contributed by atoms with Gasteiger partial charge in [0.2, 0.25) is 10.0 Å². The molecule has 0 atom stereocenters. The first-order valence-corrected chi connectivity index (χ1v) is 8.65. The van der Waals surface area contributed by atoms with Crippen LogP contribution < -0.4 is 4.72 Å². The summed E-state index contributed by atoms with van der Waals surface area (Å²) in [5.41, 5.74) is 0.603. The van der Waals surface area contributed by atoms with Gasteiger partial charge < -0.3 is 14.4 Å². The van der Waals surface area contributed by atoms with Crippen LogP contribution in [0.25, 0.3) is 0 Å². The van der Waals surface area contributed by atoms with E-state index in [9.17, 15) is 13.5 Å². The summed E-state index contributed by atoms with van der Waals surface area (Å²) in [6.07, 6.45) is 1.56. The quantitative estimate of drug-likeness (QED) is 0.716. The predicted molar refractivity (Wildman–Crippen MR) is 78.5 cm³/mol. The van der Waals surface area contributed by atoms with Gasteiger partial charge >= 0.3 is 0 Å². The summed E-state index contributed by atoms with van der Waals surface area (Å²) in [6, 6.07) is 1.51. The Balaban J connectivity index is 1.93. The number of hydrogen-bond donors (Lipinski definition) is 2. The number of aromatic nitrogens is 1. The molecule has 0 aliphatic carbocycles. The second-order valence-corrected chi connectivity index (χ2v) is 6.73. The third-order valence-electron chi connectivity index (χ3n) is 3.60. The van der Waals surface area contributed by atoms with E-state index in [4.69, 9.17) is 4.74 Å². The molecular formula is C13H23N3O4S. The van der Waals surface area contributed by atoms with E-state index in [-0.39, 0.29) is 11.5 Å². The van der Waals surface area contributed by atoms with Crippen LogP contribution in [0.5, 0.6) is 0 Å². The molecule has 0 amide bonds. The molecule has 1 aliphatic heterocycles. The third kappa shape index (κ3) is 4.27. The molecule has 1 saturated heterocycles. The van der Waals surface area contributed by atoms with Crippen LogP contribution in [0.2, 0.25) is 0 Å². The Morgan fingerprint density at radius 1 is 1.38 bits per heavy atom. The Morgan fingerprint density at radius 2 is 2.10 bits per heavy atom. The molecule has 7 nitrogen and oxygen atoms in total. The fourth-order valence-electron chi connectivity index (χ4n) is 2.34. The molecule has 1 aromatic rings. The van der Waals surface area contributed by atoms with Crippen LogP contribution in [0.1, 0.15) is 12.6 Å². The van der Waals surface area contributed by atoms with E-state index in [1.54, 1.807) is 10.8 Å². The van der Waals surface area contributed by atoms with Gasteiger partial charge in [0.25, 0.3) is 0 Å². The molecule has 1 aromatic heterocycles. The minimum absolute atomic E-state index is 0.170. The lowest BCUT2D eigenvalue weighted by molar-refractivity contribution is 0.0390. The zero-order chi connectivity index (χ0) is 15.3. The van der Waals surface area contributed by atoms with Crippen molar-refractivity contribution in [1.29, 1.82) is 0 Å². The number of hydrogen-bond acceptors (Lipinski definition) is 5. The highest BCUT2D eigenvalue weighted by atomic mass is 32.2. The maximum absolute atomic E-state index is 12.2. The maximum Gasteiger partial charge on any atom is 0.242 e. The van der Waals surface area contributed by atoms with E-state index in [1.165, 1.54) is 6.07 Å². The lowest BCUT2D eigenvalue weighted by Crippen LogP contribution is -2.41. The van der Waals surface area contributed by atoms with Crippen LogP contribution in [0.3, 0.4) is 0 Å². The van der Waals surface area contributed by atoms with Gasteiger partial charge in [-0.25, -0.2) is 13.1 Å². The van der Waals surface area contributed by atoms with Gasteiger partial charge in [0.1, 0.15) is 0 Å². The molecule has 0 unspecified atom stereocenters. The van der Waals surface area contributed by atoms with Gasteiger partial charge in [0.05, 0.1) is 24.7 Å². The van der Waals surface area contributed by atoms with E-state index in [2.05, 4.69) is 9.62 Å².